The van der Waals surface area contributed by atoms with Crippen LogP contribution in [0.2, 0.25) is 0 Å². The van der Waals surface area contributed by atoms with Gasteiger partial charge in [0.15, 0.2) is 11.5 Å². The lowest BCUT2D eigenvalue weighted by atomic mass is 10.0. The third kappa shape index (κ3) is 4.17. The first-order valence-electron chi connectivity index (χ1n) is 10.3. The molecule has 1 heterocycles. The SMILES string of the molecule is COc1ccc(Nc2ccc3c(=O)c(-c4ccc(OC)c(OC)c4)c(C)oc3c2)c(OC)c1. The Kier molecular flexibility index (Phi) is 6.13. The number of hydrogen-bond acceptors (Lipinski definition) is 7. The van der Waals surface area contributed by atoms with E-state index in [-0.39, 0.29) is 5.43 Å². The Morgan fingerprint density at radius 2 is 1.52 bits per heavy atom. The number of aryl methyl sites for hydroxylation is 1. The Morgan fingerprint density at radius 3 is 2.21 bits per heavy atom. The summed E-state index contributed by atoms with van der Waals surface area (Å²) in [7, 11) is 6.33. The molecule has 0 spiro atoms. The summed E-state index contributed by atoms with van der Waals surface area (Å²) >= 11 is 0. The standard InChI is InChI=1S/C26H25NO6/c1-15-25(16-6-11-21(30-3)24(12-16)32-5)26(28)19-9-7-17(13-22(19)33-15)27-20-10-8-18(29-2)14-23(20)31-4/h6-14,27H,1-5H3. The molecular formula is C26H25NO6. The van der Waals surface area contributed by atoms with Crippen molar-refractivity contribution in [2.75, 3.05) is 33.8 Å². The lowest BCUT2D eigenvalue weighted by molar-refractivity contribution is 0.355. The first-order chi connectivity index (χ1) is 16.0. The van der Waals surface area contributed by atoms with Gasteiger partial charge in [-0.25, -0.2) is 0 Å². The zero-order valence-electron chi connectivity index (χ0n) is 19.1. The van der Waals surface area contributed by atoms with Crippen LogP contribution in [-0.4, -0.2) is 28.4 Å². The second-order valence-electron chi connectivity index (χ2n) is 7.33. The third-order valence-corrected chi connectivity index (χ3v) is 5.43. The number of anilines is 2. The molecule has 7 nitrogen and oxygen atoms in total. The maximum Gasteiger partial charge on any atom is 0.200 e. The first kappa shape index (κ1) is 22.1. The Balaban J connectivity index is 1.75. The molecule has 0 saturated heterocycles. The van der Waals surface area contributed by atoms with Crippen LogP contribution in [0.4, 0.5) is 11.4 Å². The van der Waals surface area contributed by atoms with Gasteiger partial charge in [0.05, 0.1) is 45.1 Å². The van der Waals surface area contributed by atoms with Gasteiger partial charge in [-0.15, -0.1) is 0 Å². The molecule has 0 bridgehead atoms. The van der Waals surface area contributed by atoms with E-state index in [0.29, 0.717) is 50.9 Å². The average Bonchev–Trinajstić information content (AvgIpc) is 2.83. The zero-order valence-corrected chi connectivity index (χ0v) is 19.1. The first-order valence-corrected chi connectivity index (χ1v) is 10.3. The highest BCUT2D eigenvalue weighted by atomic mass is 16.5. The van der Waals surface area contributed by atoms with Gasteiger partial charge in [0, 0.05) is 17.8 Å². The summed E-state index contributed by atoms with van der Waals surface area (Å²) < 4.78 is 27.5. The molecule has 0 saturated carbocycles. The monoisotopic (exact) mass is 447 g/mol. The number of benzene rings is 3. The van der Waals surface area contributed by atoms with Gasteiger partial charge in [-0.1, -0.05) is 6.07 Å². The van der Waals surface area contributed by atoms with Crippen molar-refractivity contribution in [3.05, 3.63) is 70.6 Å². The van der Waals surface area contributed by atoms with E-state index in [1.165, 1.54) is 0 Å². The largest absolute Gasteiger partial charge is 0.497 e. The Hall–Kier alpha value is -4.13. The van der Waals surface area contributed by atoms with Gasteiger partial charge < -0.3 is 28.7 Å². The van der Waals surface area contributed by atoms with Crippen molar-refractivity contribution in [2.45, 2.75) is 6.92 Å². The molecule has 0 unspecified atom stereocenters. The van der Waals surface area contributed by atoms with E-state index in [2.05, 4.69) is 5.32 Å². The van der Waals surface area contributed by atoms with Crippen LogP contribution in [0.3, 0.4) is 0 Å². The molecule has 1 N–H and O–H groups in total. The fourth-order valence-corrected chi connectivity index (χ4v) is 3.77. The van der Waals surface area contributed by atoms with E-state index in [1.54, 1.807) is 65.7 Å². The summed E-state index contributed by atoms with van der Waals surface area (Å²) in [6, 6.07) is 16.2. The fraction of sp³-hybridized carbons (Fsp3) is 0.192. The van der Waals surface area contributed by atoms with Crippen molar-refractivity contribution < 1.29 is 23.4 Å². The number of nitrogens with one attached hydrogen (secondary N) is 1. The molecule has 33 heavy (non-hydrogen) atoms. The van der Waals surface area contributed by atoms with Crippen molar-refractivity contribution in [3.8, 4) is 34.1 Å². The van der Waals surface area contributed by atoms with E-state index in [1.807, 2.05) is 24.3 Å². The minimum atomic E-state index is -0.116. The smallest absolute Gasteiger partial charge is 0.200 e. The van der Waals surface area contributed by atoms with Crippen molar-refractivity contribution in [2.24, 2.45) is 0 Å². The molecule has 7 heteroatoms. The lowest BCUT2D eigenvalue weighted by Gasteiger charge is -2.14. The number of methoxy groups -OCH3 is 4. The average molecular weight is 447 g/mol. The van der Waals surface area contributed by atoms with Crippen LogP contribution in [0.1, 0.15) is 5.76 Å². The van der Waals surface area contributed by atoms with Crippen LogP contribution in [0, 0.1) is 6.92 Å². The molecule has 0 aliphatic rings. The molecule has 1 aromatic heterocycles. The highest BCUT2D eigenvalue weighted by molar-refractivity contribution is 5.86. The Bertz CT molecular complexity index is 1380. The van der Waals surface area contributed by atoms with Crippen molar-refractivity contribution in [1.82, 2.24) is 0 Å². The molecule has 0 atom stereocenters. The predicted octanol–water partition coefficient (Wildman–Crippen LogP) is 5.55. The molecule has 0 fully saturated rings. The van der Waals surface area contributed by atoms with Gasteiger partial charge in [0.25, 0.3) is 0 Å². The summed E-state index contributed by atoms with van der Waals surface area (Å²) in [6.07, 6.45) is 0. The van der Waals surface area contributed by atoms with E-state index in [0.717, 1.165) is 11.4 Å². The predicted molar refractivity (Wildman–Crippen MR) is 129 cm³/mol. The summed E-state index contributed by atoms with van der Waals surface area (Å²) in [4.78, 5) is 13.4. The van der Waals surface area contributed by atoms with Gasteiger partial charge in [0.2, 0.25) is 5.43 Å². The number of rotatable bonds is 7. The molecule has 170 valence electrons. The Labute approximate surface area is 191 Å². The topological polar surface area (TPSA) is 79.2 Å². The quantitative estimate of drug-likeness (QED) is 0.398. The molecule has 3 aromatic carbocycles. The minimum Gasteiger partial charge on any atom is -0.497 e. The number of hydrogen-bond donors (Lipinski definition) is 1. The van der Waals surface area contributed by atoms with Gasteiger partial charge in [-0.3, -0.25) is 4.79 Å². The lowest BCUT2D eigenvalue weighted by Crippen LogP contribution is -2.08. The number of ether oxygens (including phenoxy) is 4. The summed E-state index contributed by atoms with van der Waals surface area (Å²) in [5.74, 6) is 2.98. The van der Waals surface area contributed by atoms with Gasteiger partial charge >= 0.3 is 0 Å². The third-order valence-electron chi connectivity index (χ3n) is 5.43. The van der Waals surface area contributed by atoms with Crippen molar-refractivity contribution >= 4 is 22.3 Å². The second kappa shape index (κ2) is 9.16. The molecule has 0 amide bonds. The van der Waals surface area contributed by atoms with Crippen LogP contribution >= 0.6 is 0 Å². The maximum atomic E-state index is 13.4. The van der Waals surface area contributed by atoms with Crippen LogP contribution in [0.5, 0.6) is 23.0 Å². The molecule has 0 radical (unpaired) electrons. The summed E-state index contributed by atoms with van der Waals surface area (Å²) in [6.45, 7) is 1.78. The van der Waals surface area contributed by atoms with E-state index < -0.39 is 0 Å². The highest BCUT2D eigenvalue weighted by Gasteiger charge is 2.16. The van der Waals surface area contributed by atoms with Crippen molar-refractivity contribution in [3.63, 3.8) is 0 Å². The molecule has 4 aromatic rings. The van der Waals surface area contributed by atoms with Gasteiger partial charge in [0.1, 0.15) is 22.8 Å². The van der Waals surface area contributed by atoms with Gasteiger partial charge in [-0.05, 0) is 48.9 Å². The van der Waals surface area contributed by atoms with Crippen LogP contribution < -0.4 is 29.7 Å². The molecule has 0 aliphatic carbocycles. The molecular weight excluding hydrogens is 422 g/mol. The summed E-state index contributed by atoms with van der Waals surface area (Å²) in [5.41, 5.74) is 3.08. The van der Waals surface area contributed by atoms with Crippen LogP contribution in [-0.2, 0) is 0 Å². The van der Waals surface area contributed by atoms with Crippen LogP contribution in [0.25, 0.3) is 22.1 Å². The number of fused-ring (bicyclic) bond motifs is 1. The van der Waals surface area contributed by atoms with E-state index in [9.17, 15) is 4.79 Å². The van der Waals surface area contributed by atoms with Crippen LogP contribution in [0.15, 0.2) is 63.8 Å². The normalized spacial score (nSPS) is 10.7. The van der Waals surface area contributed by atoms with Gasteiger partial charge in [-0.2, -0.15) is 0 Å². The zero-order chi connectivity index (χ0) is 23.5. The van der Waals surface area contributed by atoms with E-state index in [4.69, 9.17) is 23.4 Å². The van der Waals surface area contributed by atoms with Crippen molar-refractivity contribution in [1.29, 1.82) is 0 Å². The fourth-order valence-electron chi connectivity index (χ4n) is 3.77. The molecule has 0 aliphatic heterocycles. The Morgan fingerprint density at radius 1 is 0.758 bits per heavy atom. The minimum absolute atomic E-state index is 0.116. The maximum absolute atomic E-state index is 13.4. The van der Waals surface area contributed by atoms with E-state index >= 15 is 0 Å². The molecule has 4 rings (SSSR count). The summed E-state index contributed by atoms with van der Waals surface area (Å²) in [5, 5.41) is 3.79. The highest BCUT2D eigenvalue weighted by Crippen LogP contribution is 2.35. The second-order valence-corrected chi connectivity index (χ2v) is 7.33.